The Labute approximate surface area is 96.3 Å². The molecule has 0 fully saturated rings. The van der Waals surface area contributed by atoms with Crippen molar-refractivity contribution in [2.24, 2.45) is 0 Å². The first-order chi connectivity index (χ1) is 7.69. The van der Waals surface area contributed by atoms with Crippen molar-refractivity contribution >= 4 is 11.4 Å². The van der Waals surface area contributed by atoms with Crippen molar-refractivity contribution in [2.45, 2.75) is 13.8 Å². The van der Waals surface area contributed by atoms with Gasteiger partial charge in [0, 0.05) is 24.5 Å². The predicted octanol–water partition coefficient (Wildman–Crippen LogP) is 1.11. The Bertz CT molecular complexity index is 311. The van der Waals surface area contributed by atoms with Gasteiger partial charge < -0.3 is 20.8 Å². The first kappa shape index (κ1) is 12.8. The minimum Gasteiger partial charge on any atom is -0.395 e. The van der Waals surface area contributed by atoms with Crippen LogP contribution in [0, 0.1) is 13.8 Å². The zero-order valence-electron chi connectivity index (χ0n) is 9.88. The Morgan fingerprint density at radius 3 is 1.69 bits per heavy atom. The number of benzene rings is 1. The molecule has 0 unspecified atom stereocenters. The molecule has 4 N–H and O–H groups in total. The lowest BCUT2D eigenvalue weighted by Gasteiger charge is -2.14. The van der Waals surface area contributed by atoms with E-state index in [0.29, 0.717) is 13.1 Å². The lowest BCUT2D eigenvalue weighted by molar-refractivity contribution is 0.311. The second-order valence-corrected chi connectivity index (χ2v) is 3.78. The zero-order chi connectivity index (χ0) is 12.0. The van der Waals surface area contributed by atoms with E-state index in [4.69, 9.17) is 10.2 Å². The Kier molecular flexibility index (Phi) is 5.08. The van der Waals surface area contributed by atoms with E-state index in [-0.39, 0.29) is 13.2 Å². The Hall–Kier alpha value is -1.26. The van der Waals surface area contributed by atoms with Crippen LogP contribution in [0.25, 0.3) is 0 Å². The summed E-state index contributed by atoms with van der Waals surface area (Å²) >= 11 is 0. The molecule has 0 aliphatic heterocycles. The van der Waals surface area contributed by atoms with E-state index < -0.39 is 0 Å². The summed E-state index contributed by atoms with van der Waals surface area (Å²) in [6.45, 7) is 5.39. The Balaban J connectivity index is 2.83. The van der Waals surface area contributed by atoms with Crippen LogP contribution in [0.2, 0.25) is 0 Å². The summed E-state index contributed by atoms with van der Waals surface area (Å²) in [5.74, 6) is 0. The maximum atomic E-state index is 8.77. The molecule has 1 aromatic rings. The van der Waals surface area contributed by atoms with Crippen LogP contribution in [-0.2, 0) is 0 Å². The SMILES string of the molecule is Cc1cc(C)c(NCCO)cc1NCCO. The predicted molar refractivity (Wildman–Crippen MR) is 67.1 cm³/mol. The van der Waals surface area contributed by atoms with Crippen molar-refractivity contribution in [1.82, 2.24) is 0 Å². The molecule has 0 bridgehead atoms. The van der Waals surface area contributed by atoms with Gasteiger partial charge in [-0.15, -0.1) is 0 Å². The molecule has 0 heterocycles. The third kappa shape index (κ3) is 3.40. The van der Waals surface area contributed by atoms with Gasteiger partial charge >= 0.3 is 0 Å². The van der Waals surface area contributed by atoms with E-state index in [2.05, 4.69) is 16.7 Å². The smallest absolute Gasteiger partial charge is 0.0604 e. The van der Waals surface area contributed by atoms with Crippen molar-refractivity contribution in [2.75, 3.05) is 36.9 Å². The second-order valence-electron chi connectivity index (χ2n) is 3.78. The summed E-state index contributed by atoms with van der Waals surface area (Å²) in [5.41, 5.74) is 4.33. The second kappa shape index (κ2) is 6.35. The van der Waals surface area contributed by atoms with Crippen LogP contribution in [0.4, 0.5) is 11.4 Å². The summed E-state index contributed by atoms with van der Waals surface area (Å²) in [4.78, 5) is 0. The normalized spacial score (nSPS) is 10.2. The number of hydrogen-bond donors (Lipinski definition) is 4. The van der Waals surface area contributed by atoms with Gasteiger partial charge in [0.1, 0.15) is 0 Å². The van der Waals surface area contributed by atoms with Crippen molar-refractivity contribution in [3.63, 3.8) is 0 Å². The lowest BCUT2D eigenvalue weighted by atomic mass is 10.1. The maximum absolute atomic E-state index is 8.77. The van der Waals surface area contributed by atoms with E-state index in [9.17, 15) is 0 Å². The number of rotatable bonds is 6. The van der Waals surface area contributed by atoms with Gasteiger partial charge in [-0.1, -0.05) is 6.07 Å². The number of nitrogens with one attached hydrogen (secondary N) is 2. The fourth-order valence-corrected chi connectivity index (χ4v) is 1.61. The molecular formula is C12H20N2O2. The highest BCUT2D eigenvalue weighted by Gasteiger charge is 2.03. The molecule has 1 rings (SSSR count). The summed E-state index contributed by atoms with van der Waals surface area (Å²) in [5, 5.41) is 23.9. The molecule has 16 heavy (non-hydrogen) atoms. The first-order valence-electron chi connectivity index (χ1n) is 5.49. The van der Waals surface area contributed by atoms with Crippen LogP contribution in [0.5, 0.6) is 0 Å². The third-order valence-electron chi connectivity index (χ3n) is 2.43. The minimum atomic E-state index is 0.118. The number of aliphatic hydroxyl groups is 2. The van der Waals surface area contributed by atoms with Crippen molar-refractivity contribution in [3.8, 4) is 0 Å². The summed E-state index contributed by atoms with van der Waals surface area (Å²) in [6.07, 6.45) is 0. The number of aliphatic hydroxyl groups excluding tert-OH is 2. The average Bonchev–Trinajstić information content (AvgIpc) is 2.26. The Morgan fingerprint density at radius 1 is 0.875 bits per heavy atom. The van der Waals surface area contributed by atoms with E-state index in [1.165, 1.54) is 0 Å². The highest BCUT2D eigenvalue weighted by Crippen LogP contribution is 2.24. The van der Waals surface area contributed by atoms with Gasteiger partial charge in [-0.05, 0) is 31.0 Å². The van der Waals surface area contributed by atoms with Gasteiger partial charge in [0.2, 0.25) is 0 Å². The molecule has 0 saturated carbocycles. The molecule has 0 amide bonds. The topological polar surface area (TPSA) is 64.5 Å². The van der Waals surface area contributed by atoms with E-state index >= 15 is 0 Å². The molecule has 1 aromatic carbocycles. The Morgan fingerprint density at radius 2 is 1.31 bits per heavy atom. The van der Waals surface area contributed by atoms with E-state index in [1.54, 1.807) is 0 Å². The van der Waals surface area contributed by atoms with Crippen molar-refractivity contribution < 1.29 is 10.2 Å². The molecule has 0 spiro atoms. The van der Waals surface area contributed by atoms with Gasteiger partial charge in [-0.25, -0.2) is 0 Å². The molecule has 0 aliphatic rings. The summed E-state index contributed by atoms with van der Waals surface area (Å²) in [7, 11) is 0. The molecule has 0 aromatic heterocycles. The fraction of sp³-hybridized carbons (Fsp3) is 0.500. The van der Waals surface area contributed by atoms with Crippen LogP contribution in [0.15, 0.2) is 12.1 Å². The molecule has 0 saturated heterocycles. The summed E-state index contributed by atoms with van der Waals surface area (Å²) < 4.78 is 0. The molecule has 90 valence electrons. The van der Waals surface area contributed by atoms with Crippen LogP contribution in [-0.4, -0.2) is 36.5 Å². The van der Waals surface area contributed by atoms with Crippen LogP contribution >= 0.6 is 0 Å². The molecule has 4 nitrogen and oxygen atoms in total. The molecule has 0 radical (unpaired) electrons. The fourth-order valence-electron chi connectivity index (χ4n) is 1.61. The third-order valence-corrected chi connectivity index (χ3v) is 2.43. The molecule has 0 aliphatic carbocycles. The van der Waals surface area contributed by atoms with Gasteiger partial charge in [0.25, 0.3) is 0 Å². The largest absolute Gasteiger partial charge is 0.395 e. The standard InChI is InChI=1S/C12H20N2O2/c1-9-7-10(2)12(14-4-6-16)8-11(9)13-3-5-15/h7-8,13-16H,3-6H2,1-2H3. The highest BCUT2D eigenvalue weighted by atomic mass is 16.3. The lowest BCUT2D eigenvalue weighted by Crippen LogP contribution is -2.10. The molecule has 4 heteroatoms. The van der Waals surface area contributed by atoms with Crippen molar-refractivity contribution in [3.05, 3.63) is 23.3 Å². The number of aryl methyl sites for hydroxylation is 2. The van der Waals surface area contributed by atoms with Crippen LogP contribution in [0.1, 0.15) is 11.1 Å². The van der Waals surface area contributed by atoms with Gasteiger partial charge in [-0.3, -0.25) is 0 Å². The number of hydrogen-bond acceptors (Lipinski definition) is 4. The van der Waals surface area contributed by atoms with Crippen molar-refractivity contribution in [1.29, 1.82) is 0 Å². The molecular weight excluding hydrogens is 204 g/mol. The maximum Gasteiger partial charge on any atom is 0.0604 e. The monoisotopic (exact) mass is 224 g/mol. The minimum absolute atomic E-state index is 0.118. The average molecular weight is 224 g/mol. The van der Waals surface area contributed by atoms with E-state index in [0.717, 1.165) is 22.5 Å². The van der Waals surface area contributed by atoms with Gasteiger partial charge in [0.05, 0.1) is 13.2 Å². The number of anilines is 2. The van der Waals surface area contributed by atoms with Crippen LogP contribution < -0.4 is 10.6 Å². The van der Waals surface area contributed by atoms with E-state index in [1.807, 2.05) is 19.9 Å². The highest BCUT2D eigenvalue weighted by molar-refractivity contribution is 5.64. The molecule has 0 atom stereocenters. The first-order valence-corrected chi connectivity index (χ1v) is 5.49. The summed E-state index contributed by atoms with van der Waals surface area (Å²) in [6, 6.07) is 4.09. The zero-order valence-corrected chi connectivity index (χ0v) is 9.88. The van der Waals surface area contributed by atoms with Gasteiger partial charge in [-0.2, -0.15) is 0 Å². The van der Waals surface area contributed by atoms with Crippen LogP contribution in [0.3, 0.4) is 0 Å². The van der Waals surface area contributed by atoms with Gasteiger partial charge in [0.15, 0.2) is 0 Å². The quantitative estimate of drug-likeness (QED) is 0.584.